The molecule has 1 N–H and O–H groups in total. The third kappa shape index (κ3) is 3.85. The van der Waals surface area contributed by atoms with Crippen molar-refractivity contribution in [1.82, 2.24) is 4.90 Å². The first-order valence-electron chi connectivity index (χ1n) is 8.47. The van der Waals surface area contributed by atoms with Gasteiger partial charge in [0.15, 0.2) is 0 Å². The van der Waals surface area contributed by atoms with Crippen molar-refractivity contribution in [2.45, 2.75) is 32.6 Å². The maximum atomic E-state index is 12.4. The van der Waals surface area contributed by atoms with Crippen molar-refractivity contribution in [3.63, 3.8) is 0 Å². The summed E-state index contributed by atoms with van der Waals surface area (Å²) in [5.41, 5.74) is 1.39. The Labute approximate surface area is 146 Å². The van der Waals surface area contributed by atoms with Crippen LogP contribution in [0.15, 0.2) is 36.4 Å². The highest BCUT2D eigenvalue weighted by atomic mass is 32.1. The molecule has 1 aromatic heterocycles. The molecule has 1 aliphatic rings. The van der Waals surface area contributed by atoms with Crippen molar-refractivity contribution in [2.75, 3.05) is 18.4 Å². The van der Waals surface area contributed by atoms with Gasteiger partial charge < -0.3 is 10.2 Å². The molecule has 1 aliphatic heterocycles. The Balaban J connectivity index is 1.63. The number of carbonyl (C=O) groups is 2. The third-order valence-corrected chi connectivity index (χ3v) is 5.50. The summed E-state index contributed by atoms with van der Waals surface area (Å²) in [6.07, 6.45) is 4.31. The number of benzene rings is 1. The summed E-state index contributed by atoms with van der Waals surface area (Å²) in [5.74, 6) is -0.0202. The molecule has 0 radical (unpaired) electrons. The van der Waals surface area contributed by atoms with E-state index in [1.807, 2.05) is 17.0 Å². The topological polar surface area (TPSA) is 49.4 Å². The van der Waals surface area contributed by atoms with Crippen LogP contribution in [0.4, 0.5) is 5.69 Å². The zero-order valence-electron chi connectivity index (χ0n) is 13.9. The number of nitrogens with one attached hydrogen (secondary N) is 1. The molecule has 0 bridgehead atoms. The van der Waals surface area contributed by atoms with E-state index in [0.717, 1.165) is 32.4 Å². The van der Waals surface area contributed by atoms with Crippen LogP contribution in [0, 0.1) is 0 Å². The zero-order valence-corrected chi connectivity index (χ0v) is 14.7. The molecule has 126 valence electrons. The number of nitrogens with zero attached hydrogens (tertiary/aromatic N) is 1. The van der Waals surface area contributed by atoms with Crippen molar-refractivity contribution < 1.29 is 9.59 Å². The standard InChI is InChI=1S/C19H22N2O2S/c1-2-16-10-11-17(24-16)18(22)20-15-8-6-14(7-9-15)19(23)21-12-4-3-5-13-21/h6-11H,2-5,12-13H2,1H3,(H,20,22). The number of rotatable bonds is 4. The van der Waals surface area contributed by atoms with Gasteiger partial charge in [0.1, 0.15) is 0 Å². The second-order valence-corrected chi connectivity index (χ2v) is 7.17. The molecule has 1 fully saturated rings. The molecule has 0 spiro atoms. The fourth-order valence-corrected chi connectivity index (χ4v) is 3.70. The van der Waals surface area contributed by atoms with E-state index < -0.39 is 0 Å². The van der Waals surface area contributed by atoms with E-state index in [-0.39, 0.29) is 11.8 Å². The number of carbonyl (C=O) groups excluding carboxylic acids is 2. The van der Waals surface area contributed by atoms with Crippen molar-refractivity contribution in [2.24, 2.45) is 0 Å². The first kappa shape index (κ1) is 16.7. The third-order valence-electron chi connectivity index (χ3n) is 4.27. The molecule has 4 nitrogen and oxygen atoms in total. The number of hydrogen-bond donors (Lipinski definition) is 1. The van der Waals surface area contributed by atoms with Crippen molar-refractivity contribution in [3.8, 4) is 0 Å². The van der Waals surface area contributed by atoms with Crippen LogP contribution in [0.3, 0.4) is 0 Å². The van der Waals surface area contributed by atoms with E-state index in [9.17, 15) is 9.59 Å². The van der Waals surface area contributed by atoms with Crippen LogP contribution >= 0.6 is 11.3 Å². The van der Waals surface area contributed by atoms with Crippen molar-refractivity contribution in [3.05, 3.63) is 51.7 Å². The summed E-state index contributed by atoms with van der Waals surface area (Å²) < 4.78 is 0. The van der Waals surface area contributed by atoms with Gasteiger partial charge in [0, 0.05) is 29.2 Å². The van der Waals surface area contributed by atoms with Gasteiger partial charge >= 0.3 is 0 Å². The van der Waals surface area contributed by atoms with Gasteiger partial charge in [-0.2, -0.15) is 0 Å². The minimum Gasteiger partial charge on any atom is -0.339 e. The first-order valence-corrected chi connectivity index (χ1v) is 9.28. The van der Waals surface area contributed by atoms with Gasteiger partial charge in [0.25, 0.3) is 11.8 Å². The second kappa shape index (κ2) is 7.62. The molecule has 0 atom stereocenters. The molecule has 2 amide bonds. The lowest BCUT2D eigenvalue weighted by Crippen LogP contribution is -2.35. The Bertz CT molecular complexity index is 715. The van der Waals surface area contributed by atoms with Crippen molar-refractivity contribution >= 4 is 28.8 Å². The lowest BCUT2D eigenvalue weighted by atomic mass is 10.1. The Morgan fingerprint density at radius 3 is 2.38 bits per heavy atom. The lowest BCUT2D eigenvalue weighted by Gasteiger charge is -2.26. The van der Waals surface area contributed by atoms with Crippen LogP contribution in [0.1, 0.15) is 51.1 Å². The minimum absolute atomic E-state index is 0.0819. The number of anilines is 1. The molecule has 24 heavy (non-hydrogen) atoms. The summed E-state index contributed by atoms with van der Waals surface area (Å²) in [4.78, 5) is 28.5. The van der Waals surface area contributed by atoms with Crippen LogP contribution < -0.4 is 5.32 Å². The molecule has 0 aliphatic carbocycles. The van der Waals surface area contributed by atoms with Gasteiger partial charge in [0.05, 0.1) is 4.88 Å². The number of hydrogen-bond acceptors (Lipinski definition) is 3. The number of likely N-dealkylation sites (tertiary alicyclic amines) is 1. The molecule has 1 aromatic carbocycles. The van der Waals surface area contributed by atoms with E-state index >= 15 is 0 Å². The molecule has 5 heteroatoms. The smallest absolute Gasteiger partial charge is 0.265 e. The van der Waals surface area contributed by atoms with E-state index in [1.54, 1.807) is 24.3 Å². The van der Waals surface area contributed by atoms with Crippen molar-refractivity contribution in [1.29, 1.82) is 0 Å². The molecular weight excluding hydrogens is 320 g/mol. The van der Waals surface area contributed by atoms with Gasteiger partial charge in [0.2, 0.25) is 0 Å². The van der Waals surface area contributed by atoms with Crippen LogP contribution in [0.5, 0.6) is 0 Å². The van der Waals surface area contributed by atoms with E-state index in [4.69, 9.17) is 0 Å². The Kier molecular flexibility index (Phi) is 5.30. The van der Waals surface area contributed by atoms with Gasteiger partial charge in [-0.25, -0.2) is 0 Å². The SMILES string of the molecule is CCc1ccc(C(=O)Nc2ccc(C(=O)N3CCCCC3)cc2)s1. The largest absolute Gasteiger partial charge is 0.339 e. The minimum atomic E-state index is -0.102. The molecule has 3 rings (SSSR count). The van der Waals surface area contributed by atoms with Crippen LogP contribution in [-0.2, 0) is 6.42 Å². The maximum Gasteiger partial charge on any atom is 0.265 e. The van der Waals surface area contributed by atoms with E-state index in [0.29, 0.717) is 16.1 Å². The average molecular weight is 342 g/mol. The predicted molar refractivity (Wildman–Crippen MR) is 97.8 cm³/mol. The van der Waals surface area contributed by atoms with Gasteiger partial charge in [-0.3, -0.25) is 9.59 Å². The van der Waals surface area contributed by atoms with Crippen LogP contribution in [-0.4, -0.2) is 29.8 Å². The highest BCUT2D eigenvalue weighted by Crippen LogP contribution is 2.20. The monoisotopic (exact) mass is 342 g/mol. The van der Waals surface area contributed by atoms with E-state index in [2.05, 4.69) is 12.2 Å². The quantitative estimate of drug-likeness (QED) is 0.906. The maximum absolute atomic E-state index is 12.4. The highest BCUT2D eigenvalue weighted by molar-refractivity contribution is 7.14. The lowest BCUT2D eigenvalue weighted by molar-refractivity contribution is 0.0724. The number of thiophene rings is 1. The number of amides is 2. The number of piperidine rings is 1. The highest BCUT2D eigenvalue weighted by Gasteiger charge is 2.18. The summed E-state index contributed by atoms with van der Waals surface area (Å²) >= 11 is 1.51. The average Bonchev–Trinajstić information content (AvgIpc) is 3.12. The molecule has 0 unspecified atom stereocenters. The Morgan fingerprint density at radius 1 is 1.04 bits per heavy atom. The van der Waals surface area contributed by atoms with Gasteiger partial charge in [-0.15, -0.1) is 11.3 Å². The molecule has 2 heterocycles. The second-order valence-electron chi connectivity index (χ2n) is 6.00. The van der Waals surface area contributed by atoms with Gasteiger partial charge in [-0.1, -0.05) is 6.92 Å². The summed E-state index contributed by atoms with van der Waals surface area (Å²) in [5, 5.41) is 2.89. The van der Waals surface area contributed by atoms with Gasteiger partial charge in [-0.05, 0) is 62.1 Å². The van der Waals surface area contributed by atoms with E-state index in [1.165, 1.54) is 22.6 Å². The van der Waals surface area contributed by atoms with Crippen LogP contribution in [0.2, 0.25) is 0 Å². The normalized spacial score (nSPS) is 14.5. The zero-order chi connectivity index (χ0) is 16.9. The molecular formula is C19H22N2O2S. The molecule has 0 saturated carbocycles. The first-order chi connectivity index (χ1) is 11.7. The number of aryl methyl sites for hydroxylation is 1. The summed E-state index contributed by atoms with van der Waals surface area (Å²) in [6, 6.07) is 11.0. The fraction of sp³-hybridized carbons (Fsp3) is 0.368. The molecule has 2 aromatic rings. The van der Waals surface area contributed by atoms with Crippen LogP contribution in [0.25, 0.3) is 0 Å². The molecule has 1 saturated heterocycles. The summed E-state index contributed by atoms with van der Waals surface area (Å²) in [7, 11) is 0. The Hall–Kier alpha value is -2.14. The Morgan fingerprint density at radius 2 is 1.75 bits per heavy atom. The summed E-state index contributed by atoms with van der Waals surface area (Å²) in [6.45, 7) is 3.76. The fourth-order valence-electron chi connectivity index (χ4n) is 2.86. The predicted octanol–water partition coefficient (Wildman–Crippen LogP) is 4.19.